The summed E-state index contributed by atoms with van der Waals surface area (Å²) in [5.41, 5.74) is 3.05. The Bertz CT molecular complexity index is 413. The monoisotopic (exact) mass is 228 g/mol. The lowest BCUT2D eigenvalue weighted by atomic mass is 10.4. The molecular weight excluding hydrogens is 216 g/mol. The summed E-state index contributed by atoms with van der Waals surface area (Å²) >= 11 is 5.88. The molecule has 0 radical (unpaired) electrons. The third-order valence-electron chi connectivity index (χ3n) is 1.63. The summed E-state index contributed by atoms with van der Waals surface area (Å²) in [6, 6.07) is 0. The molecule has 0 aliphatic carbocycles. The van der Waals surface area contributed by atoms with Gasteiger partial charge in [-0.25, -0.2) is 9.69 Å². The molecule has 1 heterocycles. The minimum absolute atomic E-state index is 0.126. The van der Waals surface area contributed by atoms with Crippen LogP contribution in [-0.2, 0) is 6.54 Å². The van der Waals surface area contributed by atoms with Crippen LogP contribution < -0.4 is 11.0 Å². The van der Waals surface area contributed by atoms with E-state index in [9.17, 15) is 4.79 Å². The maximum absolute atomic E-state index is 11.6. The third kappa shape index (κ3) is 2.81. The van der Waals surface area contributed by atoms with Gasteiger partial charge in [0.25, 0.3) is 5.56 Å². The van der Waals surface area contributed by atoms with E-state index in [1.807, 2.05) is 0 Å². The topological polar surface area (TPSA) is 50.2 Å². The molecule has 0 unspecified atom stereocenters. The Morgan fingerprint density at radius 2 is 2.40 bits per heavy atom. The summed E-state index contributed by atoms with van der Waals surface area (Å²) in [6.45, 7) is 3.88. The van der Waals surface area contributed by atoms with Crippen LogP contribution in [0.5, 0.6) is 0 Å². The van der Waals surface area contributed by atoms with Crippen LogP contribution in [0.3, 0.4) is 0 Å². The Kier molecular flexibility index (Phi) is 3.88. The van der Waals surface area contributed by atoms with Crippen molar-refractivity contribution in [3.05, 3.63) is 34.2 Å². The summed E-state index contributed by atoms with van der Waals surface area (Å²) in [5.74, 6) is 0. The van der Waals surface area contributed by atoms with Crippen molar-refractivity contribution in [2.24, 2.45) is 0 Å². The van der Waals surface area contributed by atoms with Crippen LogP contribution in [0.25, 0.3) is 0 Å². The van der Waals surface area contributed by atoms with Crippen molar-refractivity contribution in [3.63, 3.8) is 0 Å². The fourth-order valence-electron chi connectivity index (χ4n) is 1.04. The van der Waals surface area contributed by atoms with E-state index in [0.29, 0.717) is 12.2 Å². The maximum atomic E-state index is 11.6. The highest BCUT2D eigenvalue weighted by Crippen LogP contribution is 2.14. The Labute approximate surface area is 92.9 Å². The van der Waals surface area contributed by atoms with Gasteiger partial charge in [0, 0.05) is 14.1 Å². The van der Waals surface area contributed by atoms with Gasteiger partial charge < -0.3 is 5.43 Å². The lowest BCUT2D eigenvalue weighted by Gasteiger charge is -2.14. The Hall–Kier alpha value is -1.33. The van der Waals surface area contributed by atoms with Gasteiger partial charge in [0.05, 0.1) is 18.4 Å². The van der Waals surface area contributed by atoms with Crippen LogP contribution in [-0.4, -0.2) is 28.9 Å². The molecule has 0 aromatic carbocycles. The maximum Gasteiger partial charge on any atom is 0.287 e. The number of aromatic nitrogens is 2. The average molecular weight is 229 g/mol. The number of nitrogens with one attached hydrogen (secondary N) is 1. The number of hydrazine groups is 1. The molecule has 6 heteroatoms. The van der Waals surface area contributed by atoms with Gasteiger partial charge in [-0.2, -0.15) is 5.10 Å². The van der Waals surface area contributed by atoms with Crippen molar-refractivity contribution in [2.75, 3.05) is 19.5 Å². The highest BCUT2D eigenvalue weighted by atomic mass is 35.5. The number of nitrogens with zero attached hydrogens (tertiary/aromatic N) is 3. The number of hydrogen-bond acceptors (Lipinski definition) is 4. The molecular formula is C9H13ClN4O. The van der Waals surface area contributed by atoms with E-state index in [0.717, 1.165) is 0 Å². The molecule has 0 saturated carbocycles. The van der Waals surface area contributed by atoms with Gasteiger partial charge in [0.2, 0.25) is 0 Å². The van der Waals surface area contributed by atoms with Crippen LogP contribution in [0, 0.1) is 0 Å². The Morgan fingerprint density at radius 3 is 2.93 bits per heavy atom. The zero-order valence-electron chi connectivity index (χ0n) is 8.70. The first-order valence-corrected chi connectivity index (χ1v) is 4.74. The van der Waals surface area contributed by atoms with Crippen LogP contribution in [0.1, 0.15) is 0 Å². The zero-order chi connectivity index (χ0) is 11.4. The first kappa shape index (κ1) is 11.7. The predicted molar refractivity (Wildman–Crippen MR) is 61.0 cm³/mol. The molecule has 0 spiro atoms. The molecule has 1 aromatic heterocycles. The summed E-state index contributed by atoms with van der Waals surface area (Å²) in [4.78, 5) is 11.6. The smallest absolute Gasteiger partial charge is 0.287 e. The van der Waals surface area contributed by atoms with E-state index in [2.05, 4.69) is 17.1 Å². The fourth-order valence-corrected chi connectivity index (χ4v) is 1.22. The molecule has 0 aliphatic heterocycles. The van der Waals surface area contributed by atoms with E-state index in [-0.39, 0.29) is 10.6 Å². The molecule has 1 aromatic rings. The van der Waals surface area contributed by atoms with Gasteiger partial charge in [-0.15, -0.1) is 6.58 Å². The zero-order valence-corrected chi connectivity index (χ0v) is 9.45. The molecule has 0 aliphatic rings. The highest BCUT2D eigenvalue weighted by Gasteiger charge is 2.08. The molecule has 0 bridgehead atoms. The molecule has 0 atom stereocenters. The normalized spacial score (nSPS) is 10.4. The van der Waals surface area contributed by atoms with Crippen LogP contribution in [0.15, 0.2) is 23.6 Å². The van der Waals surface area contributed by atoms with Gasteiger partial charge in [0.15, 0.2) is 0 Å². The molecule has 15 heavy (non-hydrogen) atoms. The molecule has 5 nitrogen and oxygen atoms in total. The number of halogens is 1. The first-order valence-electron chi connectivity index (χ1n) is 4.36. The van der Waals surface area contributed by atoms with Crippen LogP contribution in [0.4, 0.5) is 5.69 Å². The summed E-state index contributed by atoms with van der Waals surface area (Å²) in [7, 11) is 3.59. The average Bonchev–Trinajstić information content (AvgIpc) is 2.17. The van der Waals surface area contributed by atoms with Crippen LogP contribution in [0.2, 0.25) is 5.02 Å². The molecule has 0 amide bonds. The van der Waals surface area contributed by atoms with Gasteiger partial charge >= 0.3 is 0 Å². The van der Waals surface area contributed by atoms with E-state index >= 15 is 0 Å². The van der Waals surface area contributed by atoms with Crippen molar-refractivity contribution >= 4 is 17.3 Å². The molecule has 82 valence electrons. The molecule has 0 fully saturated rings. The van der Waals surface area contributed by atoms with Gasteiger partial charge in [-0.3, -0.25) is 4.79 Å². The molecule has 0 saturated heterocycles. The lowest BCUT2D eigenvalue weighted by Crippen LogP contribution is -2.26. The second-order valence-corrected chi connectivity index (χ2v) is 3.53. The van der Waals surface area contributed by atoms with Gasteiger partial charge in [-0.1, -0.05) is 17.7 Å². The predicted octanol–water partition coefficient (Wildman–Crippen LogP) is 0.971. The second-order valence-electron chi connectivity index (χ2n) is 3.15. The Morgan fingerprint density at radius 1 is 1.73 bits per heavy atom. The van der Waals surface area contributed by atoms with E-state index in [1.165, 1.54) is 10.9 Å². The minimum Gasteiger partial charge on any atom is -0.316 e. The van der Waals surface area contributed by atoms with E-state index in [4.69, 9.17) is 11.6 Å². The van der Waals surface area contributed by atoms with Gasteiger partial charge in [0.1, 0.15) is 5.02 Å². The molecule has 1 N–H and O–H groups in total. The number of rotatable bonds is 4. The van der Waals surface area contributed by atoms with E-state index in [1.54, 1.807) is 25.2 Å². The first-order chi connectivity index (χ1) is 7.06. The summed E-state index contributed by atoms with van der Waals surface area (Å²) in [5, 5.41) is 5.75. The largest absolute Gasteiger partial charge is 0.316 e. The van der Waals surface area contributed by atoms with Crippen molar-refractivity contribution in [1.82, 2.24) is 14.8 Å². The number of allylic oxidation sites excluding steroid dienone is 1. The van der Waals surface area contributed by atoms with Crippen molar-refractivity contribution in [1.29, 1.82) is 0 Å². The summed E-state index contributed by atoms with van der Waals surface area (Å²) < 4.78 is 1.25. The quantitative estimate of drug-likeness (QED) is 0.617. The van der Waals surface area contributed by atoms with Gasteiger partial charge in [-0.05, 0) is 0 Å². The third-order valence-corrected chi connectivity index (χ3v) is 2.00. The standard InChI is InChI=1S/C9H13ClN4O/c1-4-5-14-9(15)8(10)7(6-11-14)12-13(2)3/h4,6,12H,1,5H2,2-3H3. The van der Waals surface area contributed by atoms with E-state index < -0.39 is 0 Å². The highest BCUT2D eigenvalue weighted by molar-refractivity contribution is 6.32. The van der Waals surface area contributed by atoms with Crippen molar-refractivity contribution in [3.8, 4) is 0 Å². The summed E-state index contributed by atoms with van der Waals surface area (Å²) in [6.07, 6.45) is 3.09. The second kappa shape index (κ2) is 4.95. The molecule has 1 rings (SSSR count). The van der Waals surface area contributed by atoms with Crippen LogP contribution >= 0.6 is 11.6 Å². The lowest BCUT2D eigenvalue weighted by molar-refractivity contribution is 0.493. The SMILES string of the molecule is C=CCn1ncc(NN(C)C)c(Cl)c1=O. The number of anilines is 1. The minimum atomic E-state index is -0.330. The Balaban J connectivity index is 3.09. The fraction of sp³-hybridized carbons (Fsp3) is 0.333. The van der Waals surface area contributed by atoms with Crippen molar-refractivity contribution in [2.45, 2.75) is 6.54 Å². The number of hydrogen-bond donors (Lipinski definition) is 1. The van der Waals surface area contributed by atoms with Crippen molar-refractivity contribution < 1.29 is 0 Å².